The first-order valence-electron chi connectivity index (χ1n) is 8.49. The van der Waals surface area contributed by atoms with Crippen LogP contribution in [0.5, 0.6) is 0 Å². The minimum atomic E-state index is -3.94. The second kappa shape index (κ2) is 8.29. The quantitative estimate of drug-likeness (QED) is 0.815. The van der Waals surface area contributed by atoms with E-state index in [9.17, 15) is 26.4 Å². The molecule has 28 heavy (non-hydrogen) atoms. The Hall–Kier alpha value is -2.43. The van der Waals surface area contributed by atoms with Gasteiger partial charge in [-0.15, -0.1) is 0 Å². The van der Waals surface area contributed by atoms with Crippen molar-refractivity contribution in [2.45, 2.75) is 4.90 Å². The molecule has 1 aliphatic heterocycles. The molecule has 0 saturated carbocycles. The van der Waals surface area contributed by atoms with Crippen molar-refractivity contribution < 1.29 is 26.4 Å². The summed E-state index contributed by atoms with van der Waals surface area (Å²) in [7, 11) is -3.94. The van der Waals surface area contributed by atoms with Crippen LogP contribution in [0.1, 0.15) is 0 Å². The summed E-state index contributed by atoms with van der Waals surface area (Å²) in [5.41, 5.74) is 0.464. The topological polar surface area (TPSA) is 69.7 Å². The van der Waals surface area contributed by atoms with Gasteiger partial charge in [0, 0.05) is 31.9 Å². The minimum absolute atomic E-state index is 0.0520. The van der Waals surface area contributed by atoms with Crippen molar-refractivity contribution in [2.75, 3.05) is 38.0 Å². The number of carbonyl (C=O) groups excluding carboxylic acids is 1. The molecule has 1 fully saturated rings. The molecular formula is C18H18F3N3O3S. The van der Waals surface area contributed by atoms with Crippen molar-refractivity contribution in [3.8, 4) is 0 Å². The van der Waals surface area contributed by atoms with E-state index in [-0.39, 0.29) is 30.4 Å². The third kappa shape index (κ3) is 4.70. The molecule has 1 heterocycles. The van der Waals surface area contributed by atoms with E-state index in [0.717, 1.165) is 12.1 Å². The fraction of sp³-hybridized carbons (Fsp3) is 0.278. The molecule has 0 aliphatic carbocycles. The van der Waals surface area contributed by atoms with Crippen LogP contribution in [0.25, 0.3) is 0 Å². The van der Waals surface area contributed by atoms with Gasteiger partial charge in [0.1, 0.15) is 5.82 Å². The Morgan fingerprint density at radius 2 is 1.57 bits per heavy atom. The SMILES string of the molecule is O=C(CN1CCN(S(=O)(=O)c2ccc(F)c(F)c2)CC1)Nc1ccc(F)cc1. The average molecular weight is 413 g/mol. The lowest BCUT2D eigenvalue weighted by atomic mass is 10.3. The first-order chi connectivity index (χ1) is 13.3. The normalized spacial score (nSPS) is 16.1. The lowest BCUT2D eigenvalue weighted by Gasteiger charge is -2.33. The highest BCUT2D eigenvalue weighted by molar-refractivity contribution is 7.89. The van der Waals surface area contributed by atoms with E-state index in [4.69, 9.17) is 0 Å². The number of hydrogen-bond acceptors (Lipinski definition) is 4. The second-order valence-electron chi connectivity index (χ2n) is 6.31. The highest BCUT2D eigenvalue weighted by Crippen LogP contribution is 2.20. The Morgan fingerprint density at radius 3 is 2.18 bits per heavy atom. The first kappa shape index (κ1) is 20.3. The van der Waals surface area contributed by atoms with E-state index in [0.29, 0.717) is 24.8 Å². The van der Waals surface area contributed by atoms with Gasteiger partial charge in [0.05, 0.1) is 11.4 Å². The molecule has 0 aromatic heterocycles. The third-order valence-electron chi connectivity index (χ3n) is 4.36. The molecule has 0 spiro atoms. The molecule has 0 atom stereocenters. The molecule has 6 nitrogen and oxygen atoms in total. The molecule has 1 amide bonds. The van der Waals surface area contributed by atoms with Crippen LogP contribution in [0, 0.1) is 17.5 Å². The molecular weight excluding hydrogens is 395 g/mol. The fourth-order valence-electron chi connectivity index (χ4n) is 2.85. The van der Waals surface area contributed by atoms with Crippen LogP contribution in [0.15, 0.2) is 47.4 Å². The zero-order chi connectivity index (χ0) is 20.3. The summed E-state index contributed by atoms with van der Waals surface area (Å²) in [5, 5.41) is 2.64. The Morgan fingerprint density at radius 1 is 0.929 bits per heavy atom. The Bertz CT molecular complexity index is 960. The lowest BCUT2D eigenvalue weighted by Crippen LogP contribution is -2.50. The maximum Gasteiger partial charge on any atom is 0.243 e. The van der Waals surface area contributed by atoms with Gasteiger partial charge in [-0.2, -0.15) is 4.31 Å². The summed E-state index contributed by atoms with van der Waals surface area (Å²) < 4.78 is 65.6. The van der Waals surface area contributed by atoms with Gasteiger partial charge < -0.3 is 5.32 Å². The Balaban J connectivity index is 1.55. The van der Waals surface area contributed by atoms with Gasteiger partial charge in [-0.05, 0) is 42.5 Å². The molecule has 0 radical (unpaired) electrons. The van der Waals surface area contributed by atoms with Crippen molar-refractivity contribution >= 4 is 21.6 Å². The van der Waals surface area contributed by atoms with Crippen LogP contribution in [0.4, 0.5) is 18.9 Å². The lowest BCUT2D eigenvalue weighted by molar-refractivity contribution is -0.117. The molecule has 150 valence electrons. The molecule has 2 aromatic carbocycles. The van der Waals surface area contributed by atoms with Gasteiger partial charge in [-0.3, -0.25) is 9.69 Å². The van der Waals surface area contributed by atoms with Crippen molar-refractivity contribution in [3.63, 3.8) is 0 Å². The van der Waals surface area contributed by atoms with E-state index in [1.807, 2.05) is 0 Å². The van der Waals surface area contributed by atoms with E-state index < -0.39 is 27.5 Å². The number of anilines is 1. The van der Waals surface area contributed by atoms with E-state index in [2.05, 4.69) is 5.32 Å². The van der Waals surface area contributed by atoms with Gasteiger partial charge in [0.15, 0.2) is 11.6 Å². The summed E-state index contributed by atoms with van der Waals surface area (Å²) in [6, 6.07) is 7.82. The zero-order valence-electron chi connectivity index (χ0n) is 14.7. The van der Waals surface area contributed by atoms with Crippen molar-refractivity contribution in [3.05, 3.63) is 59.9 Å². The minimum Gasteiger partial charge on any atom is -0.325 e. The highest BCUT2D eigenvalue weighted by atomic mass is 32.2. The highest BCUT2D eigenvalue weighted by Gasteiger charge is 2.29. The van der Waals surface area contributed by atoms with Gasteiger partial charge in [-0.25, -0.2) is 21.6 Å². The summed E-state index contributed by atoms with van der Waals surface area (Å²) in [5.74, 6) is -3.05. The standard InChI is InChI=1S/C18H18F3N3O3S/c19-13-1-3-14(4-2-13)22-18(25)12-23-7-9-24(10-8-23)28(26,27)15-5-6-16(20)17(21)11-15/h1-6,11H,7-10,12H2,(H,22,25). The van der Waals surface area contributed by atoms with Crippen molar-refractivity contribution in [1.29, 1.82) is 0 Å². The summed E-state index contributed by atoms with van der Waals surface area (Å²) >= 11 is 0. The van der Waals surface area contributed by atoms with Crippen molar-refractivity contribution in [2.24, 2.45) is 0 Å². The number of rotatable bonds is 5. The molecule has 0 bridgehead atoms. The maximum absolute atomic E-state index is 13.4. The Labute approximate surface area is 160 Å². The maximum atomic E-state index is 13.4. The average Bonchev–Trinajstić information content (AvgIpc) is 2.66. The number of piperazine rings is 1. The van der Waals surface area contributed by atoms with Gasteiger partial charge >= 0.3 is 0 Å². The van der Waals surface area contributed by atoms with Crippen LogP contribution in [0.3, 0.4) is 0 Å². The molecule has 1 saturated heterocycles. The van der Waals surface area contributed by atoms with E-state index in [1.54, 1.807) is 4.90 Å². The van der Waals surface area contributed by atoms with Gasteiger partial charge in [-0.1, -0.05) is 0 Å². The van der Waals surface area contributed by atoms with Crippen LogP contribution in [-0.2, 0) is 14.8 Å². The van der Waals surface area contributed by atoms with E-state index >= 15 is 0 Å². The molecule has 10 heteroatoms. The molecule has 2 aromatic rings. The summed E-state index contributed by atoms with van der Waals surface area (Å²) in [6.07, 6.45) is 0. The molecule has 3 rings (SSSR count). The van der Waals surface area contributed by atoms with Gasteiger partial charge in [0.25, 0.3) is 0 Å². The predicted molar refractivity (Wildman–Crippen MR) is 96.6 cm³/mol. The molecule has 0 unspecified atom stereocenters. The second-order valence-corrected chi connectivity index (χ2v) is 8.25. The number of benzene rings is 2. The van der Waals surface area contributed by atoms with Crippen LogP contribution < -0.4 is 5.32 Å². The number of nitrogens with zero attached hydrogens (tertiary/aromatic N) is 2. The summed E-state index contributed by atoms with van der Waals surface area (Å²) in [4.78, 5) is 13.5. The molecule has 1 N–H and O–H groups in total. The smallest absolute Gasteiger partial charge is 0.243 e. The van der Waals surface area contributed by atoms with Crippen molar-refractivity contribution in [1.82, 2.24) is 9.21 Å². The number of nitrogens with one attached hydrogen (secondary N) is 1. The monoisotopic (exact) mass is 413 g/mol. The number of hydrogen-bond donors (Lipinski definition) is 1. The predicted octanol–water partition coefficient (Wildman–Crippen LogP) is 2.05. The van der Waals surface area contributed by atoms with Crippen LogP contribution in [0.2, 0.25) is 0 Å². The number of sulfonamides is 1. The summed E-state index contributed by atoms with van der Waals surface area (Å²) in [6.45, 7) is 0.895. The largest absolute Gasteiger partial charge is 0.325 e. The van der Waals surface area contributed by atoms with Crippen LogP contribution in [-0.4, -0.2) is 56.3 Å². The first-order valence-corrected chi connectivity index (χ1v) is 9.93. The Kier molecular flexibility index (Phi) is 6.01. The number of amides is 1. The fourth-order valence-corrected chi connectivity index (χ4v) is 4.29. The zero-order valence-corrected chi connectivity index (χ0v) is 15.6. The molecule has 1 aliphatic rings. The van der Waals surface area contributed by atoms with Crippen LogP contribution >= 0.6 is 0 Å². The number of halogens is 3. The number of carbonyl (C=O) groups is 1. The third-order valence-corrected chi connectivity index (χ3v) is 6.25. The van der Waals surface area contributed by atoms with E-state index in [1.165, 1.54) is 28.6 Å². The van der Waals surface area contributed by atoms with Gasteiger partial charge in [0.2, 0.25) is 15.9 Å².